The lowest BCUT2D eigenvalue weighted by molar-refractivity contribution is -0.0243. The Bertz CT molecular complexity index is 667. The van der Waals surface area contributed by atoms with Gasteiger partial charge in [0.1, 0.15) is 24.2 Å². The summed E-state index contributed by atoms with van der Waals surface area (Å²) in [7, 11) is 0. The van der Waals surface area contributed by atoms with E-state index in [2.05, 4.69) is 15.0 Å². The Kier molecular flexibility index (Phi) is 5.09. The maximum Gasteiger partial charge on any atom is 0.246 e. The number of nitrogens with zero attached hydrogens (tertiary/aromatic N) is 3. The van der Waals surface area contributed by atoms with Crippen LogP contribution in [0.4, 0.5) is 4.39 Å². The van der Waals surface area contributed by atoms with Crippen molar-refractivity contribution in [2.45, 2.75) is 13.0 Å². The predicted molar refractivity (Wildman–Crippen MR) is 81.1 cm³/mol. The molecule has 2 heterocycles. The van der Waals surface area contributed by atoms with Gasteiger partial charge in [0.2, 0.25) is 5.89 Å². The molecule has 1 aromatic heterocycles. The molecule has 0 radical (unpaired) electrons. The summed E-state index contributed by atoms with van der Waals surface area (Å²) in [5, 5.41) is 3.90. The zero-order valence-corrected chi connectivity index (χ0v) is 13.4. The minimum absolute atomic E-state index is 0.0809. The third kappa shape index (κ3) is 3.99. The van der Waals surface area contributed by atoms with Crippen molar-refractivity contribution in [3.8, 4) is 5.75 Å². The minimum Gasteiger partial charge on any atom is -0.492 e. The highest BCUT2D eigenvalue weighted by Crippen LogP contribution is 2.23. The van der Waals surface area contributed by atoms with E-state index in [-0.39, 0.29) is 11.1 Å². The quantitative estimate of drug-likeness (QED) is 0.833. The zero-order valence-electron chi connectivity index (χ0n) is 12.7. The van der Waals surface area contributed by atoms with Gasteiger partial charge >= 0.3 is 0 Å². The van der Waals surface area contributed by atoms with Crippen molar-refractivity contribution in [1.29, 1.82) is 0 Å². The first-order chi connectivity index (χ1) is 11.1. The molecule has 124 valence electrons. The van der Waals surface area contributed by atoms with Crippen molar-refractivity contribution in [3.63, 3.8) is 0 Å². The fourth-order valence-electron chi connectivity index (χ4n) is 2.43. The van der Waals surface area contributed by atoms with E-state index >= 15 is 0 Å². The molecule has 23 heavy (non-hydrogen) atoms. The molecule has 1 aromatic carbocycles. The van der Waals surface area contributed by atoms with Crippen LogP contribution >= 0.6 is 11.6 Å². The van der Waals surface area contributed by atoms with Gasteiger partial charge in [0.05, 0.1) is 18.2 Å². The van der Waals surface area contributed by atoms with E-state index < -0.39 is 5.82 Å². The molecule has 1 saturated heterocycles. The van der Waals surface area contributed by atoms with Crippen molar-refractivity contribution in [2.75, 3.05) is 32.9 Å². The third-order valence-electron chi connectivity index (χ3n) is 3.61. The van der Waals surface area contributed by atoms with Gasteiger partial charge in [-0.1, -0.05) is 16.8 Å². The van der Waals surface area contributed by atoms with E-state index in [1.54, 1.807) is 13.0 Å². The second kappa shape index (κ2) is 7.25. The largest absolute Gasteiger partial charge is 0.492 e. The molecule has 0 N–H and O–H groups in total. The molecular formula is C15H17ClFN3O3. The van der Waals surface area contributed by atoms with E-state index in [0.717, 1.165) is 6.54 Å². The summed E-state index contributed by atoms with van der Waals surface area (Å²) in [6.45, 7) is 4.70. The Morgan fingerprint density at radius 2 is 2.35 bits per heavy atom. The van der Waals surface area contributed by atoms with Gasteiger partial charge in [-0.3, -0.25) is 4.90 Å². The van der Waals surface area contributed by atoms with Gasteiger partial charge in [0.15, 0.2) is 5.82 Å². The molecule has 0 aliphatic carbocycles. The number of aromatic nitrogens is 2. The average Bonchev–Trinajstić information content (AvgIpc) is 2.98. The highest BCUT2D eigenvalue weighted by molar-refractivity contribution is 6.30. The number of hydrogen-bond acceptors (Lipinski definition) is 6. The molecule has 1 aliphatic heterocycles. The summed E-state index contributed by atoms with van der Waals surface area (Å²) < 4.78 is 29.7. The van der Waals surface area contributed by atoms with E-state index in [1.807, 2.05) is 0 Å². The molecule has 1 unspecified atom stereocenters. The molecule has 0 saturated carbocycles. The third-order valence-corrected chi connectivity index (χ3v) is 3.91. The number of hydrogen-bond donors (Lipinski definition) is 0. The van der Waals surface area contributed by atoms with Crippen molar-refractivity contribution in [3.05, 3.63) is 40.8 Å². The molecule has 1 atom stereocenters. The number of ether oxygens (including phenoxy) is 2. The van der Waals surface area contributed by atoms with Gasteiger partial charge in [-0.2, -0.15) is 4.98 Å². The zero-order chi connectivity index (χ0) is 16.2. The van der Waals surface area contributed by atoms with Gasteiger partial charge < -0.3 is 14.0 Å². The summed E-state index contributed by atoms with van der Waals surface area (Å²) in [6, 6.07) is 4.31. The van der Waals surface area contributed by atoms with E-state index in [9.17, 15) is 4.39 Å². The van der Waals surface area contributed by atoms with Gasteiger partial charge in [-0.25, -0.2) is 4.39 Å². The Balaban J connectivity index is 1.58. The maximum absolute atomic E-state index is 13.4. The molecule has 1 aliphatic rings. The molecule has 2 aromatic rings. The summed E-state index contributed by atoms with van der Waals surface area (Å²) in [4.78, 5) is 6.42. The van der Waals surface area contributed by atoms with Crippen LogP contribution in [-0.4, -0.2) is 48.0 Å². The SMILES string of the molecule is Cc1noc(C2COCCN2CCOc2ccc(Cl)c(F)c2)n1. The number of rotatable bonds is 5. The summed E-state index contributed by atoms with van der Waals surface area (Å²) >= 11 is 5.65. The van der Waals surface area contributed by atoms with Crippen LogP contribution < -0.4 is 4.74 Å². The summed E-state index contributed by atoms with van der Waals surface area (Å²) in [6.07, 6.45) is 0. The van der Waals surface area contributed by atoms with Crippen LogP contribution in [0.1, 0.15) is 17.8 Å². The van der Waals surface area contributed by atoms with Crippen LogP contribution in [0.3, 0.4) is 0 Å². The molecular weight excluding hydrogens is 325 g/mol. The number of aryl methyl sites for hydroxylation is 1. The van der Waals surface area contributed by atoms with Gasteiger partial charge in [0.25, 0.3) is 0 Å². The minimum atomic E-state index is -0.491. The van der Waals surface area contributed by atoms with Crippen molar-refractivity contribution in [2.24, 2.45) is 0 Å². The van der Waals surface area contributed by atoms with E-state index in [0.29, 0.717) is 43.8 Å². The molecule has 6 nitrogen and oxygen atoms in total. The second-order valence-electron chi connectivity index (χ2n) is 5.23. The number of morpholine rings is 1. The van der Waals surface area contributed by atoms with Crippen molar-refractivity contribution >= 4 is 11.6 Å². The lowest BCUT2D eigenvalue weighted by Gasteiger charge is -2.32. The smallest absolute Gasteiger partial charge is 0.246 e. The van der Waals surface area contributed by atoms with Gasteiger partial charge in [-0.05, 0) is 19.1 Å². The topological polar surface area (TPSA) is 60.6 Å². The highest BCUT2D eigenvalue weighted by atomic mass is 35.5. The first kappa shape index (κ1) is 16.2. The summed E-state index contributed by atoms with van der Waals surface area (Å²) in [5.74, 6) is 1.10. The average molecular weight is 342 g/mol. The number of benzene rings is 1. The fraction of sp³-hybridized carbons (Fsp3) is 0.467. The molecule has 0 amide bonds. The molecule has 1 fully saturated rings. The lowest BCUT2D eigenvalue weighted by Crippen LogP contribution is -2.41. The fourth-order valence-corrected chi connectivity index (χ4v) is 2.55. The molecule has 0 spiro atoms. The molecule has 0 bridgehead atoms. The van der Waals surface area contributed by atoms with Crippen LogP contribution in [0.5, 0.6) is 5.75 Å². The van der Waals surface area contributed by atoms with Crippen molar-refractivity contribution < 1.29 is 18.4 Å². The number of halogens is 2. The lowest BCUT2D eigenvalue weighted by atomic mass is 10.2. The van der Waals surface area contributed by atoms with E-state index in [1.165, 1.54) is 12.1 Å². The van der Waals surface area contributed by atoms with Crippen LogP contribution in [0, 0.1) is 12.7 Å². The maximum atomic E-state index is 13.4. The van der Waals surface area contributed by atoms with Crippen molar-refractivity contribution in [1.82, 2.24) is 15.0 Å². The van der Waals surface area contributed by atoms with Crippen LogP contribution in [0.15, 0.2) is 22.7 Å². The Morgan fingerprint density at radius 1 is 1.48 bits per heavy atom. The first-order valence-corrected chi connectivity index (χ1v) is 7.71. The first-order valence-electron chi connectivity index (χ1n) is 7.33. The Labute approximate surface area is 138 Å². The molecule has 3 rings (SSSR count). The normalized spacial score (nSPS) is 19.0. The second-order valence-corrected chi connectivity index (χ2v) is 5.64. The monoisotopic (exact) mass is 341 g/mol. The highest BCUT2D eigenvalue weighted by Gasteiger charge is 2.29. The van der Waals surface area contributed by atoms with Gasteiger partial charge in [0, 0.05) is 19.2 Å². The van der Waals surface area contributed by atoms with Crippen LogP contribution in [0.2, 0.25) is 5.02 Å². The van der Waals surface area contributed by atoms with Crippen LogP contribution in [0.25, 0.3) is 0 Å². The van der Waals surface area contributed by atoms with Gasteiger partial charge in [-0.15, -0.1) is 0 Å². The Hall–Kier alpha value is -1.70. The predicted octanol–water partition coefficient (Wildman–Crippen LogP) is 2.62. The molecule has 8 heteroatoms. The summed E-state index contributed by atoms with van der Waals surface area (Å²) in [5.41, 5.74) is 0. The standard InChI is InChI=1S/C15H17ClFN3O3/c1-10-18-15(23-19-10)14-9-21-6-4-20(14)5-7-22-11-2-3-12(16)13(17)8-11/h2-3,8,14H,4-7,9H2,1H3. The Morgan fingerprint density at radius 3 is 3.09 bits per heavy atom. The van der Waals surface area contributed by atoms with E-state index in [4.69, 9.17) is 25.6 Å². The van der Waals surface area contributed by atoms with Crippen LogP contribution in [-0.2, 0) is 4.74 Å².